The van der Waals surface area contributed by atoms with Crippen molar-refractivity contribution in [3.63, 3.8) is 0 Å². The zero-order chi connectivity index (χ0) is 19.2. The molecule has 0 N–H and O–H groups in total. The Bertz CT molecular complexity index is 771. The minimum atomic E-state index is -0.000590. The maximum Gasteiger partial charge on any atom is 0.254 e. The van der Waals surface area contributed by atoms with Gasteiger partial charge in [-0.15, -0.1) is 0 Å². The Kier molecular flexibility index (Phi) is 6.62. The molecule has 27 heavy (non-hydrogen) atoms. The Morgan fingerprint density at radius 1 is 1.11 bits per heavy atom. The van der Waals surface area contributed by atoms with E-state index in [2.05, 4.69) is 24.3 Å². The van der Waals surface area contributed by atoms with Gasteiger partial charge in [0, 0.05) is 18.7 Å². The van der Waals surface area contributed by atoms with Gasteiger partial charge in [0.25, 0.3) is 5.91 Å². The number of amides is 1. The van der Waals surface area contributed by atoms with Crippen LogP contribution in [0.1, 0.15) is 35.2 Å². The number of nitrogens with zero attached hydrogens (tertiary/aromatic N) is 1. The molecule has 4 nitrogen and oxygen atoms in total. The average molecular weight is 388 g/mol. The lowest BCUT2D eigenvalue weighted by molar-refractivity contribution is 0.0686. The minimum Gasteiger partial charge on any atom is -0.493 e. The molecule has 5 heteroatoms. The van der Waals surface area contributed by atoms with E-state index < -0.39 is 0 Å². The molecular formula is C22H26ClNO3. The van der Waals surface area contributed by atoms with Gasteiger partial charge in [0.1, 0.15) is 0 Å². The number of ether oxygens (including phenoxy) is 2. The topological polar surface area (TPSA) is 38.8 Å². The molecule has 144 valence electrons. The van der Waals surface area contributed by atoms with Gasteiger partial charge < -0.3 is 14.4 Å². The molecule has 0 saturated carbocycles. The molecule has 3 rings (SSSR count). The second-order valence-electron chi connectivity index (χ2n) is 6.95. The van der Waals surface area contributed by atoms with Gasteiger partial charge in [0.05, 0.1) is 19.2 Å². The van der Waals surface area contributed by atoms with Crippen LogP contribution in [0.2, 0.25) is 5.02 Å². The third-order valence-electron chi connectivity index (χ3n) is 5.27. The number of piperidine rings is 1. The van der Waals surface area contributed by atoms with Crippen molar-refractivity contribution in [1.82, 2.24) is 4.90 Å². The number of likely N-dealkylation sites (tertiary alicyclic amines) is 1. The minimum absolute atomic E-state index is 0.000590. The fourth-order valence-electron chi connectivity index (χ4n) is 3.66. The average Bonchev–Trinajstić information content (AvgIpc) is 2.72. The van der Waals surface area contributed by atoms with E-state index in [1.807, 2.05) is 11.0 Å². The van der Waals surface area contributed by atoms with Gasteiger partial charge in [-0.3, -0.25) is 4.79 Å². The van der Waals surface area contributed by atoms with E-state index in [1.165, 1.54) is 19.1 Å². The molecule has 1 aliphatic rings. The van der Waals surface area contributed by atoms with Gasteiger partial charge in [0.2, 0.25) is 0 Å². The highest BCUT2D eigenvalue weighted by molar-refractivity contribution is 6.32. The van der Waals surface area contributed by atoms with Crippen molar-refractivity contribution in [3.8, 4) is 11.5 Å². The summed E-state index contributed by atoms with van der Waals surface area (Å²) < 4.78 is 10.5. The summed E-state index contributed by atoms with van der Waals surface area (Å²) in [5, 5.41) is 0.387. The summed E-state index contributed by atoms with van der Waals surface area (Å²) in [4.78, 5) is 14.8. The summed E-state index contributed by atoms with van der Waals surface area (Å²) in [6.45, 7) is 1.56. The van der Waals surface area contributed by atoms with Crippen molar-refractivity contribution in [2.45, 2.75) is 25.7 Å². The molecule has 0 aliphatic carbocycles. The molecule has 1 fully saturated rings. The van der Waals surface area contributed by atoms with Crippen LogP contribution >= 0.6 is 11.6 Å². The smallest absolute Gasteiger partial charge is 0.254 e. The maximum absolute atomic E-state index is 12.9. The van der Waals surface area contributed by atoms with E-state index in [4.69, 9.17) is 21.1 Å². The summed E-state index contributed by atoms with van der Waals surface area (Å²) in [7, 11) is 3.08. The molecule has 2 aromatic carbocycles. The summed E-state index contributed by atoms with van der Waals surface area (Å²) in [5.74, 6) is 1.60. The summed E-state index contributed by atoms with van der Waals surface area (Å²) in [5.41, 5.74) is 1.93. The van der Waals surface area contributed by atoms with Crippen molar-refractivity contribution in [1.29, 1.82) is 0 Å². The monoisotopic (exact) mass is 387 g/mol. The molecular weight excluding hydrogens is 362 g/mol. The second-order valence-corrected chi connectivity index (χ2v) is 7.36. The Labute approximate surface area is 166 Å². The van der Waals surface area contributed by atoms with Crippen molar-refractivity contribution in [2.75, 3.05) is 27.3 Å². The summed E-state index contributed by atoms with van der Waals surface area (Å²) >= 11 is 6.24. The quantitative estimate of drug-likeness (QED) is 0.711. The van der Waals surface area contributed by atoms with Crippen molar-refractivity contribution < 1.29 is 14.3 Å². The number of hydrogen-bond donors (Lipinski definition) is 0. The predicted molar refractivity (Wildman–Crippen MR) is 108 cm³/mol. The van der Waals surface area contributed by atoms with E-state index in [9.17, 15) is 4.79 Å². The fourth-order valence-corrected chi connectivity index (χ4v) is 3.95. The second kappa shape index (κ2) is 9.14. The first kappa shape index (κ1) is 19.6. The van der Waals surface area contributed by atoms with Crippen LogP contribution < -0.4 is 9.47 Å². The molecule has 1 saturated heterocycles. The number of carbonyl (C=O) groups is 1. The van der Waals surface area contributed by atoms with Crippen molar-refractivity contribution >= 4 is 17.5 Å². The number of hydrogen-bond acceptors (Lipinski definition) is 3. The van der Waals surface area contributed by atoms with Crippen molar-refractivity contribution in [3.05, 3.63) is 58.6 Å². The SMILES string of the molecule is COc1cc(C(=O)N2CCC(CCc3ccccc3)CC2)cc(Cl)c1OC. The third kappa shape index (κ3) is 4.75. The van der Waals surface area contributed by atoms with Crippen LogP contribution in [0.15, 0.2) is 42.5 Å². The fraction of sp³-hybridized carbons (Fsp3) is 0.409. The van der Waals surface area contributed by atoms with Gasteiger partial charge in [0.15, 0.2) is 11.5 Å². The molecule has 0 radical (unpaired) electrons. The molecule has 0 atom stereocenters. The van der Waals surface area contributed by atoms with E-state index in [-0.39, 0.29) is 5.91 Å². The number of methoxy groups -OCH3 is 2. The Morgan fingerprint density at radius 2 is 1.81 bits per heavy atom. The van der Waals surface area contributed by atoms with Gasteiger partial charge in [-0.25, -0.2) is 0 Å². The molecule has 1 aliphatic heterocycles. The lowest BCUT2D eigenvalue weighted by Gasteiger charge is -2.32. The van der Waals surface area contributed by atoms with E-state index >= 15 is 0 Å². The van der Waals surface area contributed by atoms with Gasteiger partial charge in [-0.2, -0.15) is 0 Å². The first-order valence-electron chi connectivity index (χ1n) is 9.37. The van der Waals surface area contributed by atoms with Gasteiger partial charge >= 0.3 is 0 Å². The van der Waals surface area contributed by atoms with Gasteiger partial charge in [-0.1, -0.05) is 41.9 Å². The highest BCUT2D eigenvalue weighted by atomic mass is 35.5. The van der Waals surface area contributed by atoms with E-state index in [0.29, 0.717) is 28.0 Å². The Hall–Kier alpha value is -2.20. The number of rotatable bonds is 6. The standard InChI is InChI=1S/C22H26ClNO3/c1-26-20-15-18(14-19(23)21(20)27-2)22(25)24-12-10-17(11-13-24)9-8-16-6-4-3-5-7-16/h3-7,14-15,17H,8-13H2,1-2H3. The molecule has 2 aromatic rings. The molecule has 1 heterocycles. The van der Waals surface area contributed by atoms with Crippen LogP contribution in [-0.4, -0.2) is 38.1 Å². The molecule has 0 spiro atoms. The number of benzene rings is 2. The van der Waals surface area contributed by atoms with Crippen LogP contribution in [-0.2, 0) is 6.42 Å². The zero-order valence-electron chi connectivity index (χ0n) is 15.9. The van der Waals surface area contributed by atoms with Crippen LogP contribution in [0.25, 0.3) is 0 Å². The van der Waals surface area contributed by atoms with Crippen LogP contribution in [0.4, 0.5) is 0 Å². The third-order valence-corrected chi connectivity index (χ3v) is 5.55. The molecule has 0 unspecified atom stereocenters. The van der Waals surface area contributed by atoms with Crippen LogP contribution in [0.5, 0.6) is 11.5 Å². The largest absolute Gasteiger partial charge is 0.493 e. The normalized spacial score (nSPS) is 14.9. The van der Waals surface area contributed by atoms with Gasteiger partial charge in [-0.05, 0) is 49.3 Å². The Balaban J connectivity index is 1.57. The predicted octanol–water partition coefficient (Wildman–Crippen LogP) is 4.84. The molecule has 1 amide bonds. The lowest BCUT2D eigenvalue weighted by atomic mass is 9.90. The molecule has 0 bridgehead atoms. The first-order valence-corrected chi connectivity index (χ1v) is 9.75. The number of halogens is 1. The van der Waals surface area contributed by atoms with E-state index in [0.717, 1.165) is 32.4 Å². The van der Waals surface area contributed by atoms with Crippen molar-refractivity contribution in [2.24, 2.45) is 5.92 Å². The van der Waals surface area contributed by atoms with E-state index in [1.54, 1.807) is 19.2 Å². The molecule has 0 aromatic heterocycles. The van der Waals surface area contributed by atoms with Crippen LogP contribution in [0, 0.1) is 5.92 Å². The summed E-state index contributed by atoms with van der Waals surface area (Å²) in [6.07, 6.45) is 4.36. The summed E-state index contributed by atoms with van der Waals surface area (Å²) in [6, 6.07) is 13.9. The highest BCUT2D eigenvalue weighted by Crippen LogP contribution is 2.36. The lowest BCUT2D eigenvalue weighted by Crippen LogP contribution is -2.38. The number of aryl methyl sites for hydroxylation is 1. The van der Waals surface area contributed by atoms with Crippen LogP contribution in [0.3, 0.4) is 0 Å². The highest BCUT2D eigenvalue weighted by Gasteiger charge is 2.25. The zero-order valence-corrected chi connectivity index (χ0v) is 16.7. The maximum atomic E-state index is 12.9. The first-order chi connectivity index (χ1) is 13.1. The Morgan fingerprint density at radius 3 is 2.44 bits per heavy atom. The number of carbonyl (C=O) groups excluding carboxylic acids is 1.